The number of nitrogens with zero attached hydrogens (tertiary/aromatic N) is 3. The summed E-state index contributed by atoms with van der Waals surface area (Å²) < 4.78 is 28.0. The van der Waals surface area contributed by atoms with E-state index in [1.807, 2.05) is 29.8 Å². The molecule has 1 aliphatic rings. The van der Waals surface area contributed by atoms with Gasteiger partial charge in [0, 0.05) is 31.4 Å². The number of rotatable bonds is 6. The third kappa shape index (κ3) is 5.05. The Morgan fingerprint density at radius 1 is 1.18 bits per heavy atom. The van der Waals surface area contributed by atoms with Gasteiger partial charge in [0.2, 0.25) is 5.62 Å². The summed E-state index contributed by atoms with van der Waals surface area (Å²) in [6, 6.07) is 9.83. The normalized spacial score (nSPS) is 13.5. The molecule has 0 bridgehead atoms. The monoisotopic (exact) mass is 451 g/mol. The first-order valence-electron chi connectivity index (χ1n) is 11.0. The van der Waals surface area contributed by atoms with Crippen molar-refractivity contribution in [3.8, 4) is 16.9 Å². The second-order valence-corrected chi connectivity index (χ2v) is 7.97. The van der Waals surface area contributed by atoms with Crippen molar-refractivity contribution < 1.29 is 23.5 Å². The Balaban J connectivity index is 1.72. The quantitative estimate of drug-likeness (QED) is 0.518. The van der Waals surface area contributed by atoms with Crippen molar-refractivity contribution >= 4 is 11.9 Å². The van der Waals surface area contributed by atoms with E-state index in [-0.39, 0.29) is 11.6 Å². The van der Waals surface area contributed by atoms with Crippen LogP contribution in [-0.2, 0) is 18.3 Å². The number of aromatic nitrogens is 2. The topological polar surface area (TPSA) is 74.8 Å². The summed E-state index contributed by atoms with van der Waals surface area (Å²) in [5.74, 6) is 0.186. The second kappa shape index (κ2) is 9.85. The maximum Gasteiger partial charge on any atom is 0.436 e. The average molecular weight is 451 g/mol. The van der Waals surface area contributed by atoms with E-state index in [4.69, 9.17) is 9.47 Å². The summed E-state index contributed by atoms with van der Waals surface area (Å²) in [5, 5.41) is 0. The minimum Gasteiger partial charge on any atom is -0.492 e. The lowest BCUT2D eigenvalue weighted by molar-refractivity contribution is 0.0933. The highest BCUT2D eigenvalue weighted by Gasteiger charge is 2.23. The van der Waals surface area contributed by atoms with Gasteiger partial charge >= 0.3 is 6.09 Å². The van der Waals surface area contributed by atoms with E-state index in [1.54, 1.807) is 29.9 Å². The number of carbonyl (C=O) groups excluding carboxylic acids is 2. The smallest absolute Gasteiger partial charge is 0.436 e. The third-order valence-corrected chi connectivity index (χ3v) is 5.49. The molecule has 0 radical (unpaired) electrons. The standard InChI is InChI=1S/C25H26FN3O4/c1-3-4-12-33-25(31)27-24-28(2)10-11-29(24)16-17-14-20(18-5-7-19(26)8-6-18)23-21(15-17)22(30)9-13-32-23/h5-8,10-11,14-15H,3-4,9,12-13,16H2,1-2H3/b27-24-. The zero-order valence-electron chi connectivity index (χ0n) is 18.7. The Morgan fingerprint density at radius 3 is 2.70 bits per heavy atom. The van der Waals surface area contributed by atoms with Crippen molar-refractivity contribution in [3.63, 3.8) is 0 Å². The molecule has 0 saturated carbocycles. The fourth-order valence-electron chi connectivity index (χ4n) is 3.76. The van der Waals surface area contributed by atoms with Crippen molar-refractivity contribution in [3.05, 3.63) is 71.4 Å². The Bertz CT molecular complexity index is 1240. The summed E-state index contributed by atoms with van der Waals surface area (Å²) in [5.41, 5.74) is 3.25. The second-order valence-electron chi connectivity index (χ2n) is 7.97. The molecule has 0 aliphatic carbocycles. The number of hydrogen-bond acceptors (Lipinski definition) is 4. The lowest BCUT2D eigenvalue weighted by atomic mass is 9.94. The van der Waals surface area contributed by atoms with E-state index < -0.39 is 6.09 Å². The lowest BCUT2D eigenvalue weighted by Gasteiger charge is -2.21. The van der Waals surface area contributed by atoms with Gasteiger partial charge in [-0.05, 0) is 41.8 Å². The number of benzene rings is 2. The number of carbonyl (C=O) groups is 2. The molecular weight excluding hydrogens is 425 g/mol. The first-order valence-corrected chi connectivity index (χ1v) is 11.0. The van der Waals surface area contributed by atoms with E-state index in [0.717, 1.165) is 29.5 Å². The molecule has 0 atom stereocenters. The van der Waals surface area contributed by atoms with Crippen LogP contribution in [-0.4, -0.2) is 34.2 Å². The molecule has 0 unspecified atom stereocenters. The number of imidazole rings is 1. The molecule has 0 spiro atoms. The summed E-state index contributed by atoms with van der Waals surface area (Å²) >= 11 is 0. The first-order chi connectivity index (χ1) is 16.0. The van der Waals surface area contributed by atoms with Crippen molar-refractivity contribution in [2.45, 2.75) is 32.7 Å². The maximum absolute atomic E-state index is 13.5. The number of ether oxygens (including phenoxy) is 2. The number of hydrogen-bond donors (Lipinski definition) is 0. The molecule has 2 aromatic carbocycles. The predicted octanol–water partition coefficient (Wildman–Crippen LogP) is 4.48. The van der Waals surface area contributed by atoms with Crippen LogP contribution in [0.25, 0.3) is 11.1 Å². The summed E-state index contributed by atoms with van der Waals surface area (Å²) in [4.78, 5) is 28.9. The van der Waals surface area contributed by atoms with Crippen LogP contribution < -0.4 is 10.4 Å². The van der Waals surface area contributed by atoms with Crippen molar-refractivity contribution in [2.75, 3.05) is 13.2 Å². The number of fused-ring (bicyclic) bond motifs is 1. The van der Waals surface area contributed by atoms with E-state index in [1.165, 1.54) is 12.1 Å². The van der Waals surface area contributed by atoms with Gasteiger partial charge in [0.25, 0.3) is 0 Å². The third-order valence-electron chi connectivity index (χ3n) is 5.49. The molecule has 0 saturated heterocycles. The first kappa shape index (κ1) is 22.5. The van der Waals surface area contributed by atoms with Crippen LogP contribution in [0.15, 0.2) is 53.8 Å². The van der Waals surface area contributed by atoms with Crippen LogP contribution in [0.2, 0.25) is 0 Å². The number of halogens is 1. The highest BCUT2D eigenvalue weighted by atomic mass is 19.1. The number of amides is 1. The SMILES string of the molecule is CCCCOC(=O)/N=c1/n(C)ccn1Cc1cc2c(c(-c3ccc(F)cc3)c1)OCCC2=O. The minimum absolute atomic E-state index is 0.00364. The van der Waals surface area contributed by atoms with Crippen molar-refractivity contribution in [2.24, 2.45) is 12.0 Å². The molecule has 1 aliphatic heterocycles. The molecule has 2 heterocycles. The van der Waals surface area contributed by atoms with Crippen LogP contribution in [0.3, 0.4) is 0 Å². The van der Waals surface area contributed by atoms with Crippen LogP contribution in [0, 0.1) is 5.82 Å². The Morgan fingerprint density at radius 2 is 1.94 bits per heavy atom. The predicted molar refractivity (Wildman–Crippen MR) is 121 cm³/mol. The minimum atomic E-state index is -0.639. The molecule has 0 N–H and O–H groups in total. The van der Waals surface area contributed by atoms with Gasteiger partial charge in [-0.25, -0.2) is 9.18 Å². The molecule has 8 heteroatoms. The number of Topliss-reactive ketones (excluding diaryl/α,β-unsaturated/α-hetero) is 1. The molecule has 33 heavy (non-hydrogen) atoms. The summed E-state index contributed by atoms with van der Waals surface area (Å²) in [6.07, 6.45) is 4.99. The Labute approximate surface area is 191 Å². The molecule has 4 rings (SSSR count). The summed E-state index contributed by atoms with van der Waals surface area (Å²) in [6.45, 7) is 3.04. The van der Waals surface area contributed by atoms with Gasteiger partial charge in [-0.1, -0.05) is 25.5 Å². The highest BCUT2D eigenvalue weighted by Crippen LogP contribution is 2.37. The van der Waals surface area contributed by atoms with Gasteiger partial charge in [-0.3, -0.25) is 4.79 Å². The van der Waals surface area contributed by atoms with Gasteiger partial charge in [0.05, 0.1) is 25.3 Å². The molecule has 3 aromatic rings. The van der Waals surface area contributed by atoms with Crippen LogP contribution in [0.4, 0.5) is 9.18 Å². The van der Waals surface area contributed by atoms with Crippen LogP contribution >= 0.6 is 0 Å². The summed E-state index contributed by atoms with van der Waals surface area (Å²) in [7, 11) is 1.79. The van der Waals surface area contributed by atoms with Gasteiger partial charge < -0.3 is 18.6 Å². The fraction of sp³-hybridized carbons (Fsp3) is 0.320. The maximum atomic E-state index is 13.5. The number of ketones is 1. The van der Waals surface area contributed by atoms with E-state index in [2.05, 4.69) is 4.99 Å². The average Bonchev–Trinajstić information content (AvgIpc) is 3.13. The van der Waals surface area contributed by atoms with E-state index in [0.29, 0.717) is 43.1 Å². The zero-order chi connectivity index (χ0) is 23.4. The van der Waals surface area contributed by atoms with Crippen molar-refractivity contribution in [1.82, 2.24) is 9.13 Å². The number of unbranched alkanes of at least 4 members (excludes halogenated alkanes) is 1. The molecule has 172 valence electrons. The molecule has 7 nitrogen and oxygen atoms in total. The van der Waals surface area contributed by atoms with Gasteiger partial charge in [0.1, 0.15) is 11.6 Å². The van der Waals surface area contributed by atoms with Gasteiger partial charge in [-0.2, -0.15) is 0 Å². The highest BCUT2D eigenvalue weighted by molar-refractivity contribution is 6.02. The molecule has 0 fully saturated rings. The van der Waals surface area contributed by atoms with Gasteiger partial charge in [-0.15, -0.1) is 4.99 Å². The van der Waals surface area contributed by atoms with Gasteiger partial charge in [0.15, 0.2) is 5.78 Å². The van der Waals surface area contributed by atoms with E-state index >= 15 is 0 Å². The van der Waals surface area contributed by atoms with Crippen LogP contribution in [0.5, 0.6) is 5.75 Å². The number of aryl methyl sites for hydroxylation is 1. The molecule has 1 aromatic heterocycles. The lowest BCUT2D eigenvalue weighted by Crippen LogP contribution is -2.26. The van der Waals surface area contributed by atoms with E-state index in [9.17, 15) is 14.0 Å². The Hall–Kier alpha value is -3.68. The fourth-order valence-corrected chi connectivity index (χ4v) is 3.76. The zero-order valence-corrected chi connectivity index (χ0v) is 18.7. The molecule has 1 amide bonds. The molecular formula is C25H26FN3O4. The Kier molecular flexibility index (Phi) is 6.72. The van der Waals surface area contributed by atoms with Crippen molar-refractivity contribution in [1.29, 1.82) is 0 Å². The largest absolute Gasteiger partial charge is 0.492 e. The van der Waals surface area contributed by atoms with Crippen LogP contribution in [0.1, 0.15) is 42.1 Å².